The molecule has 0 spiro atoms. The van der Waals surface area contributed by atoms with Gasteiger partial charge in [-0.05, 0) is 31.0 Å². The molecule has 0 aliphatic rings. The third-order valence-electron chi connectivity index (χ3n) is 2.70. The van der Waals surface area contributed by atoms with Crippen molar-refractivity contribution >= 4 is 0 Å². The molecule has 0 aliphatic heterocycles. The van der Waals surface area contributed by atoms with Gasteiger partial charge in [0.15, 0.2) is 0 Å². The van der Waals surface area contributed by atoms with E-state index in [4.69, 9.17) is 4.74 Å². The Labute approximate surface area is 105 Å². The molecule has 0 saturated carbocycles. The number of pyridine rings is 1. The third-order valence-corrected chi connectivity index (χ3v) is 2.70. The van der Waals surface area contributed by atoms with E-state index in [0.717, 1.165) is 18.8 Å². The number of rotatable bonds is 8. The normalized spacial score (nSPS) is 12.6. The van der Waals surface area contributed by atoms with E-state index in [9.17, 15) is 0 Å². The van der Waals surface area contributed by atoms with Crippen molar-refractivity contribution < 1.29 is 4.74 Å². The van der Waals surface area contributed by atoms with Gasteiger partial charge in [-0.15, -0.1) is 0 Å². The summed E-state index contributed by atoms with van der Waals surface area (Å²) in [5.74, 6) is 0.642. The molecule has 1 N–H and O–H groups in total. The first kappa shape index (κ1) is 14.1. The molecule has 3 heteroatoms. The van der Waals surface area contributed by atoms with Crippen LogP contribution in [0.3, 0.4) is 0 Å². The summed E-state index contributed by atoms with van der Waals surface area (Å²) in [6.45, 7) is 6.74. The molecule has 0 radical (unpaired) electrons. The number of hydrogen-bond donors (Lipinski definition) is 1. The fourth-order valence-electron chi connectivity index (χ4n) is 1.79. The summed E-state index contributed by atoms with van der Waals surface area (Å²) in [4.78, 5) is 4.38. The zero-order valence-electron chi connectivity index (χ0n) is 11.2. The fourth-order valence-corrected chi connectivity index (χ4v) is 1.79. The van der Waals surface area contributed by atoms with Crippen molar-refractivity contribution in [1.29, 1.82) is 0 Å². The average molecular weight is 236 g/mol. The molecule has 1 heterocycles. The molecule has 0 saturated heterocycles. The van der Waals surface area contributed by atoms with E-state index in [0.29, 0.717) is 12.5 Å². The summed E-state index contributed by atoms with van der Waals surface area (Å²) in [5.41, 5.74) is 2.21. The van der Waals surface area contributed by atoms with Crippen LogP contribution in [0.2, 0.25) is 0 Å². The summed E-state index contributed by atoms with van der Waals surface area (Å²) in [6.07, 6.45) is 4.36. The van der Waals surface area contributed by atoms with Crippen LogP contribution in [-0.2, 0) is 17.9 Å². The van der Waals surface area contributed by atoms with Crippen molar-refractivity contribution in [1.82, 2.24) is 10.3 Å². The van der Waals surface area contributed by atoms with Gasteiger partial charge in [0.25, 0.3) is 0 Å². The molecule has 1 aromatic heterocycles. The van der Waals surface area contributed by atoms with E-state index in [1.807, 2.05) is 19.3 Å². The summed E-state index contributed by atoms with van der Waals surface area (Å²) >= 11 is 0. The highest BCUT2D eigenvalue weighted by Gasteiger charge is 2.01. The zero-order chi connectivity index (χ0) is 12.5. The van der Waals surface area contributed by atoms with Crippen LogP contribution in [0, 0.1) is 5.92 Å². The number of ether oxygens (including phenoxy) is 1. The minimum Gasteiger partial charge on any atom is -0.375 e. The first-order valence-corrected chi connectivity index (χ1v) is 6.42. The quantitative estimate of drug-likeness (QED) is 0.753. The highest BCUT2D eigenvalue weighted by atomic mass is 16.5. The second kappa shape index (κ2) is 8.20. The Morgan fingerprint density at radius 3 is 2.82 bits per heavy atom. The molecule has 96 valence electrons. The molecular weight excluding hydrogens is 212 g/mol. The van der Waals surface area contributed by atoms with Gasteiger partial charge < -0.3 is 10.1 Å². The first-order chi connectivity index (χ1) is 8.26. The van der Waals surface area contributed by atoms with Gasteiger partial charge in [-0.1, -0.05) is 26.3 Å². The van der Waals surface area contributed by atoms with Crippen LogP contribution in [-0.4, -0.2) is 18.6 Å². The second-order valence-corrected chi connectivity index (χ2v) is 4.60. The Morgan fingerprint density at radius 2 is 2.24 bits per heavy atom. The van der Waals surface area contributed by atoms with Crippen LogP contribution in [0.1, 0.15) is 37.9 Å². The summed E-state index contributed by atoms with van der Waals surface area (Å²) in [7, 11) is 1.94. The molecule has 1 aromatic rings. The Morgan fingerprint density at radius 1 is 1.41 bits per heavy atom. The van der Waals surface area contributed by atoms with Gasteiger partial charge in [-0.25, -0.2) is 0 Å². The molecule has 3 nitrogen and oxygen atoms in total. The van der Waals surface area contributed by atoms with Gasteiger partial charge in [0, 0.05) is 19.3 Å². The maximum absolute atomic E-state index is 5.66. The lowest BCUT2D eigenvalue weighted by Gasteiger charge is -2.10. The standard InChI is InChI=1S/C14H24N2O/c1-4-5-12(2)10-17-11-14-7-6-13(8-15-3)9-16-14/h6-7,9,12,15H,4-5,8,10-11H2,1-3H3. The topological polar surface area (TPSA) is 34.1 Å². The van der Waals surface area contributed by atoms with E-state index >= 15 is 0 Å². The lowest BCUT2D eigenvalue weighted by molar-refractivity contribution is 0.0872. The van der Waals surface area contributed by atoms with Crippen molar-refractivity contribution in [2.24, 2.45) is 5.92 Å². The minimum absolute atomic E-state index is 0.619. The lowest BCUT2D eigenvalue weighted by atomic mass is 10.1. The molecule has 0 bridgehead atoms. The van der Waals surface area contributed by atoms with Crippen molar-refractivity contribution in [2.75, 3.05) is 13.7 Å². The van der Waals surface area contributed by atoms with Crippen LogP contribution in [0.5, 0.6) is 0 Å². The number of nitrogens with zero attached hydrogens (tertiary/aromatic N) is 1. The van der Waals surface area contributed by atoms with E-state index in [1.54, 1.807) is 0 Å². The van der Waals surface area contributed by atoms with Crippen molar-refractivity contribution in [3.05, 3.63) is 29.6 Å². The predicted molar refractivity (Wildman–Crippen MR) is 70.7 cm³/mol. The largest absolute Gasteiger partial charge is 0.375 e. The molecule has 1 rings (SSSR count). The number of nitrogens with one attached hydrogen (secondary N) is 1. The molecule has 0 aromatic carbocycles. The SMILES string of the molecule is CCCC(C)COCc1ccc(CNC)cn1. The average Bonchev–Trinajstić information content (AvgIpc) is 2.32. The Bertz CT molecular complexity index is 298. The monoisotopic (exact) mass is 236 g/mol. The Kier molecular flexibility index (Phi) is 6.82. The smallest absolute Gasteiger partial charge is 0.0887 e. The second-order valence-electron chi connectivity index (χ2n) is 4.60. The van der Waals surface area contributed by atoms with Gasteiger partial charge >= 0.3 is 0 Å². The fraction of sp³-hybridized carbons (Fsp3) is 0.643. The first-order valence-electron chi connectivity index (χ1n) is 6.42. The maximum atomic E-state index is 5.66. The van der Waals surface area contributed by atoms with E-state index in [-0.39, 0.29) is 0 Å². The van der Waals surface area contributed by atoms with E-state index < -0.39 is 0 Å². The number of hydrogen-bond acceptors (Lipinski definition) is 3. The lowest BCUT2D eigenvalue weighted by Crippen LogP contribution is -2.07. The van der Waals surface area contributed by atoms with E-state index in [2.05, 4.69) is 30.2 Å². The zero-order valence-corrected chi connectivity index (χ0v) is 11.2. The van der Waals surface area contributed by atoms with Crippen LogP contribution in [0.25, 0.3) is 0 Å². The molecule has 0 amide bonds. The third kappa shape index (κ3) is 5.80. The predicted octanol–water partition coefficient (Wildman–Crippen LogP) is 2.75. The van der Waals surface area contributed by atoms with E-state index in [1.165, 1.54) is 18.4 Å². The molecule has 0 fully saturated rings. The van der Waals surface area contributed by atoms with Crippen LogP contribution in [0.15, 0.2) is 18.3 Å². The molecular formula is C14H24N2O. The van der Waals surface area contributed by atoms with Gasteiger partial charge in [0.2, 0.25) is 0 Å². The van der Waals surface area contributed by atoms with Crippen LogP contribution < -0.4 is 5.32 Å². The molecule has 0 aliphatic carbocycles. The molecule has 1 unspecified atom stereocenters. The van der Waals surface area contributed by atoms with Crippen LogP contribution in [0.4, 0.5) is 0 Å². The molecule has 17 heavy (non-hydrogen) atoms. The van der Waals surface area contributed by atoms with Crippen molar-refractivity contribution in [3.8, 4) is 0 Å². The molecule has 1 atom stereocenters. The summed E-state index contributed by atoms with van der Waals surface area (Å²) < 4.78 is 5.66. The van der Waals surface area contributed by atoms with Crippen LogP contribution >= 0.6 is 0 Å². The minimum atomic E-state index is 0.619. The highest BCUT2D eigenvalue weighted by molar-refractivity contribution is 5.13. The van der Waals surface area contributed by atoms with Gasteiger partial charge in [0.05, 0.1) is 12.3 Å². The summed E-state index contributed by atoms with van der Waals surface area (Å²) in [6, 6.07) is 4.13. The van der Waals surface area contributed by atoms with Crippen molar-refractivity contribution in [2.45, 2.75) is 39.8 Å². The Balaban J connectivity index is 2.27. The maximum Gasteiger partial charge on any atom is 0.0887 e. The van der Waals surface area contributed by atoms with Gasteiger partial charge in [-0.2, -0.15) is 0 Å². The Hall–Kier alpha value is -0.930. The van der Waals surface area contributed by atoms with Gasteiger partial charge in [-0.3, -0.25) is 4.98 Å². The highest BCUT2D eigenvalue weighted by Crippen LogP contribution is 2.07. The number of aromatic nitrogens is 1. The summed E-state index contributed by atoms with van der Waals surface area (Å²) in [5, 5.41) is 3.10. The van der Waals surface area contributed by atoms with Gasteiger partial charge in [0.1, 0.15) is 0 Å². The van der Waals surface area contributed by atoms with Crippen molar-refractivity contribution in [3.63, 3.8) is 0 Å².